The van der Waals surface area contributed by atoms with Gasteiger partial charge in [0.15, 0.2) is 0 Å². The van der Waals surface area contributed by atoms with Gasteiger partial charge in [-0.2, -0.15) is 0 Å². The van der Waals surface area contributed by atoms with E-state index in [0.29, 0.717) is 27.4 Å². The Labute approximate surface area is 245 Å². The van der Waals surface area contributed by atoms with E-state index in [9.17, 15) is 14.4 Å². The van der Waals surface area contributed by atoms with Crippen LogP contribution in [0, 0.1) is 10.5 Å². The maximum atomic E-state index is 13.2. The van der Waals surface area contributed by atoms with E-state index in [1.165, 1.54) is 12.1 Å². The molecule has 0 radical (unpaired) electrons. The van der Waals surface area contributed by atoms with E-state index < -0.39 is 17.8 Å². The van der Waals surface area contributed by atoms with Crippen LogP contribution in [-0.2, 0) is 16.2 Å². The predicted octanol–water partition coefficient (Wildman–Crippen LogP) is 7.41. The lowest BCUT2D eigenvalue weighted by Crippen LogP contribution is -2.54. The molecule has 0 saturated carbocycles. The molecule has 0 bridgehead atoms. The number of fused-ring (bicyclic) bond motifs is 1. The number of rotatable bonds is 5. The molecule has 0 atom stereocenters. The number of benzene rings is 4. The third-order valence-electron chi connectivity index (χ3n) is 6.10. The fourth-order valence-electron chi connectivity index (χ4n) is 4.15. The number of aryl methyl sites for hydroxylation is 1. The Balaban J connectivity index is 1.42. The standard InChI is InChI=1S/C29H19BrClIN2O4/c1-16-9-10-20(14-24(16)31)34-28(36)22(27(35)33-29(34)37)11-17-12-23(30)26(25(32)13-17)38-15-19-7-4-6-18-5-2-3-8-21(18)19/h2-14H,15H2,1H3,(H,33,35,37)/b22-11-. The van der Waals surface area contributed by atoms with Crippen LogP contribution in [-0.4, -0.2) is 17.8 Å². The Morgan fingerprint density at radius 1 is 1.03 bits per heavy atom. The van der Waals surface area contributed by atoms with E-state index >= 15 is 0 Å². The summed E-state index contributed by atoms with van der Waals surface area (Å²) in [5.41, 5.74) is 2.55. The molecule has 0 aromatic heterocycles. The van der Waals surface area contributed by atoms with Crippen LogP contribution in [0.3, 0.4) is 0 Å². The molecule has 1 aliphatic heterocycles. The fraction of sp³-hybridized carbons (Fsp3) is 0.0690. The van der Waals surface area contributed by atoms with Crippen molar-refractivity contribution < 1.29 is 19.1 Å². The lowest BCUT2D eigenvalue weighted by Gasteiger charge is -2.26. The van der Waals surface area contributed by atoms with Gasteiger partial charge in [-0.05, 0) is 103 Å². The third kappa shape index (κ3) is 5.21. The second kappa shape index (κ2) is 10.9. The van der Waals surface area contributed by atoms with Gasteiger partial charge in [-0.1, -0.05) is 60.1 Å². The Morgan fingerprint density at radius 3 is 2.55 bits per heavy atom. The lowest BCUT2D eigenvalue weighted by molar-refractivity contribution is -0.122. The van der Waals surface area contributed by atoms with Crippen LogP contribution >= 0.6 is 50.1 Å². The average Bonchev–Trinajstić information content (AvgIpc) is 2.88. The summed E-state index contributed by atoms with van der Waals surface area (Å²) in [6.07, 6.45) is 1.45. The van der Waals surface area contributed by atoms with Crippen LogP contribution in [0.2, 0.25) is 5.02 Å². The van der Waals surface area contributed by atoms with E-state index in [1.807, 2.05) is 31.2 Å². The van der Waals surface area contributed by atoms with Crippen LogP contribution in [0.4, 0.5) is 10.5 Å². The molecule has 1 heterocycles. The van der Waals surface area contributed by atoms with Gasteiger partial charge in [-0.3, -0.25) is 14.9 Å². The number of hydrogen-bond acceptors (Lipinski definition) is 4. The van der Waals surface area contributed by atoms with Crippen molar-refractivity contribution >= 4 is 90.5 Å². The van der Waals surface area contributed by atoms with Crippen molar-refractivity contribution in [2.24, 2.45) is 0 Å². The topological polar surface area (TPSA) is 75.7 Å². The van der Waals surface area contributed by atoms with Gasteiger partial charge in [0.2, 0.25) is 0 Å². The minimum absolute atomic E-state index is 0.173. The van der Waals surface area contributed by atoms with Crippen molar-refractivity contribution in [1.82, 2.24) is 5.32 Å². The summed E-state index contributed by atoms with van der Waals surface area (Å²) in [4.78, 5) is 39.3. The van der Waals surface area contributed by atoms with E-state index in [2.05, 4.69) is 62.0 Å². The number of urea groups is 1. The molecule has 1 fully saturated rings. The highest BCUT2D eigenvalue weighted by atomic mass is 127. The first-order chi connectivity index (χ1) is 18.2. The number of imide groups is 2. The molecule has 0 spiro atoms. The minimum Gasteiger partial charge on any atom is -0.487 e. The molecule has 38 heavy (non-hydrogen) atoms. The monoisotopic (exact) mass is 700 g/mol. The Morgan fingerprint density at radius 2 is 1.79 bits per heavy atom. The summed E-state index contributed by atoms with van der Waals surface area (Å²) in [6, 6.07) is 21.8. The number of barbiturate groups is 1. The quantitative estimate of drug-likeness (QED) is 0.134. The van der Waals surface area contributed by atoms with E-state index in [4.69, 9.17) is 16.3 Å². The van der Waals surface area contributed by atoms with Crippen molar-refractivity contribution in [1.29, 1.82) is 0 Å². The van der Waals surface area contributed by atoms with Crippen molar-refractivity contribution in [3.05, 3.63) is 108 Å². The second-order valence-electron chi connectivity index (χ2n) is 8.63. The van der Waals surface area contributed by atoms with Crippen LogP contribution in [0.25, 0.3) is 16.8 Å². The summed E-state index contributed by atoms with van der Waals surface area (Å²) in [5, 5.41) is 4.90. The smallest absolute Gasteiger partial charge is 0.335 e. The summed E-state index contributed by atoms with van der Waals surface area (Å²) in [7, 11) is 0. The first-order valence-electron chi connectivity index (χ1n) is 11.5. The number of carbonyl (C=O) groups excluding carboxylic acids is 3. The SMILES string of the molecule is Cc1ccc(N2C(=O)NC(=O)/C(=C/c3cc(Br)c(OCc4cccc5ccccc45)c(I)c3)C2=O)cc1Cl. The minimum atomic E-state index is -0.829. The first kappa shape index (κ1) is 26.4. The second-order valence-corrected chi connectivity index (χ2v) is 11.1. The normalized spacial score (nSPS) is 14.8. The van der Waals surface area contributed by atoms with Crippen molar-refractivity contribution in [3.8, 4) is 5.75 Å². The molecule has 5 rings (SSSR count). The zero-order chi connectivity index (χ0) is 27.0. The predicted molar refractivity (Wildman–Crippen MR) is 160 cm³/mol. The molecule has 4 aromatic rings. The lowest BCUT2D eigenvalue weighted by atomic mass is 10.1. The van der Waals surface area contributed by atoms with Crippen molar-refractivity contribution in [3.63, 3.8) is 0 Å². The highest BCUT2D eigenvalue weighted by Crippen LogP contribution is 2.34. The number of anilines is 1. The average molecular weight is 702 g/mol. The summed E-state index contributed by atoms with van der Waals surface area (Å²) in [5.74, 6) is -0.857. The van der Waals surface area contributed by atoms with Crippen LogP contribution in [0.5, 0.6) is 5.75 Å². The third-order valence-corrected chi connectivity index (χ3v) is 7.90. The number of nitrogens with zero attached hydrogens (tertiary/aromatic N) is 1. The van der Waals surface area contributed by atoms with Crippen LogP contribution < -0.4 is 15.0 Å². The van der Waals surface area contributed by atoms with Crippen molar-refractivity contribution in [2.75, 3.05) is 4.90 Å². The number of amides is 4. The summed E-state index contributed by atoms with van der Waals surface area (Å²) < 4.78 is 7.62. The van der Waals surface area contributed by atoms with Gasteiger partial charge in [0.05, 0.1) is 13.7 Å². The molecule has 0 aliphatic carbocycles. The van der Waals surface area contributed by atoms with Gasteiger partial charge < -0.3 is 4.74 Å². The van der Waals surface area contributed by atoms with E-state index in [0.717, 1.165) is 30.4 Å². The van der Waals surface area contributed by atoms with E-state index in [1.54, 1.807) is 24.3 Å². The van der Waals surface area contributed by atoms with Gasteiger partial charge in [-0.15, -0.1) is 0 Å². The number of halogens is 3. The summed E-state index contributed by atoms with van der Waals surface area (Å²) in [6.45, 7) is 2.18. The summed E-state index contributed by atoms with van der Waals surface area (Å²) >= 11 is 11.9. The molecule has 190 valence electrons. The molecule has 9 heteroatoms. The first-order valence-corrected chi connectivity index (χ1v) is 13.7. The maximum absolute atomic E-state index is 13.2. The Bertz CT molecular complexity index is 1640. The maximum Gasteiger partial charge on any atom is 0.335 e. The largest absolute Gasteiger partial charge is 0.487 e. The van der Waals surface area contributed by atoms with Crippen LogP contribution in [0.1, 0.15) is 16.7 Å². The molecule has 6 nitrogen and oxygen atoms in total. The van der Waals surface area contributed by atoms with Gasteiger partial charge in [0.1, 0.15) is 17.9 Å². The van der Waals surface area contributed by atoms with Gasteiger partial charge in [0, 0.05) is 5.02 Å². The molecule has 4 amide bonds. The van der Waals surface area contributed by atoms with Gasteiger partial charge in [0.25, 0.3) is 11.8 Å². The fourth-order valence-corrected chi connectivity index (χ4v) is 6.09. The van der Waals surface area contributed by atoms with Gasteiger partial charge in [-0.25, -0.2) is 9.69 Å². The van der Waals surface area contributed by atoms with Crippen molar-refractivity contribution in [2.45, 2.75) is 13.5 Å². The zero-order valence-corrected chi connectivity index (χ0v) is 24.4. The molecule has 4 aromatic carbocycles. The molecule has 1 N–H and O–H groups in total. The molecule has 0 unspecified atom stereocenters. The zero-order valence-electron chi connectivity index (χ0n) is 19.9. The number of hydrogen-bond donors (Lipinski definition) is 1. The highest BCUT2D eigenvalue weighted by Gasteiger charge is 2.37. The molecular formula is C29H19BrClIN2O4. The highest BCUT2D eigenvalue weighted by molar-refractivity contribution is 14.1. The van der Waals surface area contributed by atoms with Crippen LogP contribution in [0.15, 0.2) is 82.8 Å². The number of nitrogens with one attached hydrogen (secondary N) is 1. The Kier molecular flexibility index (Phi) is 7.56. The van der Waals surface area contributed by atoms with Gasteiger partial charge >= 0.3 is 6.03 Å². The number of carbonyl (C=O) groups is 3. The number of ether oxygens (including phenoxy) is 1. The van der Waals surface area contributed by atoms with E-state index in [-0.39, 0.29) is 11.3 Å². The molecular weight excluding hydrogens is 683 g/mol. The molecule has 1 saturated heterocycles. The Hall–Kier alpha value is -3.21. The molecule has 1 aliphatic rings.